The third kappa shape index (κ3) is 9.52. The summed E-state index contributed by atoms with van der Waals surface area (Å²) >= 11 is 0. The maximum absolute atomic E-state index is 15.5. The number of rotatable bonds is 11. The lowest BCUT2D eigenvalue weighted by atomic mass is 10.1. The van der Waals surface area contributed by atoms with Gasteiger partial charge in [0.25, 0.3) is 5.91 Å². The van der Waals surface area contributed by atoms with Crippen LogP contribution in [0.3, 0.4) is 0 Å². The third-order valence-corrected chi connectivity index (χ3v) is 17.9. The number of amides is 3. The van der Waals surface area contributed by atoms with Crippen molar-refractivity contribution in [3.05, 3.63) is 78.4 Å². The maximum atomic E-state index is 15.5. The van der Waals surface area contributed by atoms with Crippen molar-refractivity contribution in [3.63, 3.8) is 0 Å². The van der Waals surface area contributed by atoms with E-state index in [9.17, 15) is 9.59 Å². The van der Waals surface area contributed by atoms with Gasteiger partial charge in [0.1, 0.15) is 24.7 Å². The fourth-order valence-corrected chi connectivity index (χ4v) is 13.6. The van der Waals surface area contributed by atoms with Crippen molar-refractivity contribution < 1.29 is 46.1 Å². The van der Waals surface area contributed by atoms with Crippen LogP contribution in [0.5, 0.6) is 0 Å². The van der Waals surface area contributed by atoms with Crippen LogP contribution in [0.2, 0.25) is 0 Å². The van der Waals surface area contributed by atoms with Gasteiger partial charge < -0.3 is 48.8 Å². The summed E-state index contributed by atoms with van der Waals surface area (Å²) in [5.41, 5.74) is 3.03. The number of ether oxygens (including phenoxy) is 4. The standard InChI is InChI=1S/C57H64F4N14O6/c1-31(2)69-15-17-70(18-16-69)52(76)34-3-9-35(10-4-34)62-57(77)71(36-11-5-32(6-12-36)50-63-53(72-38-19-42(58)46(72)27-78-23-38)67-54(64-50)73-39-20-43(59)47(73)28-79-24-39)37-13-7-33(8-14-37)51-65-55(74-40-21-44(60)48(74)29-80-25-40)68-56(66-51)75-41-22-45(61)49(75)30-81-26-41/h3-14,31,38-49H,15-30H2,1-2H3,(H,62,77). The molecule has 20 nitrogen and oxygen atoms in total. The van der Waals surface area contributed by atoms with Crippen LogP contribution < -0.4 is 29.8 Å². The molecule has 9 aliphatic heterocycles. The molecule has 2 aromatic heterocycles. The largest absolute Gasteiger partial charge is 0.377 e. The number of halogens is 4. The minimum Gasteiger partial charge on any atom is -0.377 e. The topological polar surface area (TPSA) is 183 Å². The minimum atomic E-state index is -1.14. The molecule has 24 heteroatoms. The van der Waals surface area contributed by atoms with Crippen LogP contribution in [0.15, 0.2) is 72.8 Å². The summed E-state index contributed by atoms with van der Waals surface area (Å²) in [4.78, 5) is 71.4. The summed E-state index contributed by atoms with van der Waals surface area (Å²) in [6.45, 7) is 9.13. The molecule has 81 heavy (non-hydrogen) atoms. The van der Waals surface area contributed by atoms with Crippen LogP contribution >= 0.6 is 0 Å². The molecular weight excluding hydrogens is 1050 g/mol. The molecule has 12 unspecified atom stereocenters. The van der Waals surface area contributed by atoms with E-state index in [0.717, 1.165) is 13.1 Å². The van der Waals surface area contributed by atoms with Crippen molar-refractivity contribution in [3.8, 4) is 22.8 Å². The lowest BCUT2D eigenvalue weighted by molar-refractivity contribution is 0.0595. The van der Waals surface area contributed by atoms with Crippen LogP contribution in [0.25, 0.3) is 22.8 Å². The zero-order chi connectivity index (χ0) is 55.2. The SMILES string of the molecule is CC(C)N1CCN(C(=O)c2ccc(NC(=O)N(c3ccc(-c4nc(N5C6COCC5C(F)C6)nc(N5C6COCC5C(F)C6)n4)cc3)c3ccc(-c4nc(N5C6COCC5C(F)C6)nc(N5C6COCC5C(F)C6)n4)cc3)cc2)CC1. The first-order valence-electron chi connectivity index (χ1n) is 28.4. The van der Waals surface area contributed by atoms with Gasteiger partial charge >= 0.3 is 6.03 Å². The van der Waals surface area contributed by atoms with Gasteiger partial charge in [0.15, 0.2) is 11.6 Å². The Labute approximate surface area is 465 Å². The van der Waals surface area contributed by atoms with E-state index in [-0.39, 0.29) is 118 Å². The smallest absolute Gasteiger partial charge is 0.330 e. The van der Waals surface area contributed by atoms with Crippen molar-refractivity contribution in [2.75, 3.05) is 109 Å². The lowest BCUT2D eigenvalue weighted by Crippen LogP contribution is -2.50. The monoisotopic (exact) mass is 1120 g/mol. The normalized spacial score (nSPS) is 30.6. The number of hydrogen-bond acceptors (Lipinski definition) is 17. The number of alkyl halides is 4. The number of fused-ring (bicyclic) bond motifs is 8. The molecule has 9 aliphatic rings. The van der Waals surface area contributed by atoms with Crippen molar-refractivity contribution in [1.82, 2.24) is 39.7 Å². The molecule has 0 spiro atoms. The summed E-state index contributed by atoms with van der Waals surface area (Å²) in [6, 6.07) is 17.5. The van der Waals surface area contributed by atoms with Gasteiger partial charge in [0.2, 0.25) is 23.8 Å². The zero-order valence-electron chi connectivity index (χ0n) is 45.0. The summed E-state index contributed by atoms with van der Waals surface area (Å²) < 4.78 is 85.0. The van der Waals surface area contributed by atoms with Gasteiger partial charge in [-0.15, -0.1) is 0 Å². The van der Waals surface area contributed by atoms with Gasteiger partial charge in [-0.05, 0) is 86.6 Å². The van der Waals surface area contributed by atoms with E-state index < -0.39 is 54.9 Å². The Morgan fingerprint density at radius 3 is 1.19 bits per heavy atom. The summed E-state index contributed by atoms with van der Waals surface area (Å²) in [5.74, 6) is 1.64. The van der Waals surface area contributed by atoms with Gasteiger partial charge in [-0.1, -0.05) is 0 Å². The number of morpholine rings is 4. The van der Waals surface area contributed by atoms with Crippen molar-refractivity contribution in [1.29, 1.82) is 0 Å². The number of piperazine rings is 1. The maximum Gasteiger partial charge on any atom is 0.330 e. The predicted octanol–water partition coefficient (Wildman–Crippen LogP) is 6.19. The Balaban J connectivity index is 0.803. The van der Waals surface area contributed by atoms with E-state index in [1.165, 1.54) is 4.90 Å². The molecule has 0 saturated carbocycles. The number of hydrogen-bond donors (Lipinski definition) is 1. The van der Waals surface area contributed by atoms with E-state index in [1.807, 2.05) is 24.5 Å². The number of urea groups is 1. The van der Waals surface area contributed by atoms with Gasteiger partial charge in [0.05, 0.1) is 113 Å². The fraction of sp³-hybridized carbons (Fsp3) is 0.544. The number of aromatic nitrogens is 6. The predicted molar refractivity (Wildman–Crippen MR) is 292 cm³/mol. The first kappa shape index (κ1) is 52.2. The number of carbonyl (C=O) groups excluding carboxylic acids is 2. The summed E-state index contributed by atoms with van der Waals surface area (Å²) in [5, 5.41) is 3.05. The molecule has 3 aromatic carbocycles. The van der Waals surface area contributed by atoms with Crippen molar-refractivity contribution >= 4 is 52.8 Å². The highest BCUT2D eigenvalue weighted by Gasteiger charge is 2.51. The van der Waals surface area contributed by atoms with E-state index in [4.69, 9.17) is 48.9 Å². The fourth-order valence-electron chi connectivity index (χ4n) is 13.6. The first-order chi connectivity index (χ1) is 39.4. The highest BCUT2D eigenvalue weighted by atomic mass is 19.1. The Bertz CT molecular complexity index is 2890. The molecule has 9 saturated heterocycles. The molecule has 3 amide bonds. The number of nitrogens with zero attached hydrogens (tertiary/aromatic N) is 13. The van der Waals surface area contributed by atoms with Crippen LogP contribution in [0.4, 0.5) is 63.2 Å². The van der Waals surface area contributed by atoms with Crippen LogP contribution in [0, 0.1) is 0 Å². The molecule has 12 atom stereocenters. The molecule has 1 N–H and O–H groups in total. The number of nitrogens with one attached hydrogen (secondary N) is 1. The van der Waals surface area contributed by atoms with Crippen LogP contribution in [-0.2, 0) is 18.9 Å². The quantitative estimate of drug-likeness (QED) is 0.148. The summed E-state index contributed by atoms with van der Waals surface area (Å²) in [7, 11) is 0. The number of anilines is 7. The highest BCUT2D eigenvalue weighted by Crippen LogP contribution is 2.42. The van der Waals surface area contributed by atoms with E-state index in [2.05, 4.69) is 24.1 Å². The Kier molecular flexibility index (Phi) is 13.6. The molecule has 9 fully saturated rings. The van der Waals surface area contributed by atoms with Crippen molar-refractivity contribution in [2.24, 2.45) is 0 Å². The van der Waals surface area contributed by atoms with E-state index in [1.54, 1.807) is 72.8 Å². The average Bonchev–Trinajstić information content (AvgIpc) is 4.12. The van der Waals surface area contributed by atoms with Gasteiger partial charge in [-0.25, -0.2) is 22.4 Å². The molecular formula is C57H64F4N14O6. The minimum absolute atomic E-state index is 0.0754. The van der Waals surface area contributed by atoms with Gasteiger partial charge in [0, 0.05) is 80.3 Å². The molecule has 0 aliphatic carbocycles. The van der Waals surface area contributed by atoms with E-state index >= 15 is 17.6 Å². The van der Waals surface area contributed by atoms with Gasteiger partial charge in [-0.2, -0.15) is 29.9 Å². The van der Waals surface area contributed by atoms with Crippen molar-refractivity contribution in [2.45, 2.75) is 119 Å². The molecule has 8 bridgehead atoms. The average molecular weight is 1120 g/mol. The Morgan fingerprint density at radius 2 is 0.852 bits per heavy atom. The molecule has 14 rings (SSSR count). The molecule has 11 heterocycles. The highest BCUT2D eigenvalue weighted by molar-refractivity contribution is 6.07. The Morgan fingerprint density at radius 1 is 0.494 bits per heavy atom. The van der Waals surface area contributed by atoms with E-state index in [0.29, 0.717) is 79.3 Å². The zero-order valence-corrected chi connectivity index (χ0v) is 45.0. The second-order valence-electron chi connectivity index (χ2n) is 23.0. The first-order valence-corrected chi connectivity index (χ1v) is 28.4. The number of carbonyl (C=O) groups is 2. The number of benzene rings is 3. The molecule has 5 aromatic rings. The molecule has 426 valence electrons. The Hall–Kier alpha value is -6.86. The second kappa shape index (κ2) is 21.2. The third-order valence-electron chi connectivity index (χ3n) is 17.9. The van der Waals surface area contributed by atoms with Crippen LogP contribution in [0.1, 0.15) is 49.9 Å². The van der Waals surface area contributed by atoms with Gasteiger partial charge in [-0.3, -0.25) is 14.6 Å². The van der Waals surface area contributed by atoms with Crippen LogP contribution in [-0.4, -0.2) is 210 Å². The summed E-state index contributed by atoms with van der Waals surface area (Å²) in [6.07, 6.45) is -3.49. The molecule has 0 radical (unpaired) electrons. The lowest BCUT2D eigenvalue weighted by Gasteiger charge is -2.37. The second-order valence-corrected chi connectivity index (χ2v) is 23.0.